The van der Waals surface area contributed by atoms with Crippen LogP contribution in [0.4, 0.5) is 5.69 Å². The first-order chi connectivity index (χ1) is 16.3. The zero-order chi connectivity index (χ0) is 24.4. The Morgan fingerprint density at radius 3 is 2.68 bits per heavy atom. The molecule has 0 radical (unpaired) electrons. The molecule has 34 heavy (non-hydrogen) atoms. The zero-order valence-electron chi connectivity index (χ0n) is 20.0. The summed E-state index contributed by atoms with van der Waals surface area (Å²) in [5.41, 5.74) is 4.46. The molecule has 1 unspecified atom stereocenters. The van der Waals surface area contributed by atoms with Crippen molar-refractivity contribution in [2.75, 3.05) is 11.9 Å². The second-order valence-corrected chi connectivity index (χ2v) is 9.35. The molecule has 7 heteroatoms. The van der Waals surface area contributed by atoms with E-state index in [-0.39, 0.29) is 5.91 Å². The molecule has 6 nitrogen and oxygen atoms in total. The van der Waals surface area contributed by atoms with Gasteiger partial charge in [-0.15, -0.1) is 0 Å². The normalized spacial score (nSPS) is 14.6. The first kappa shape index (κ1) is 24.2. The van der Waals surface area contributed by atoms with Crippen LogP contribution in [0, 0.1) is 6.92 Å². The summed E-state index contributed by atoms with van der Waals surface area (Å²) >= 11 is 6.19. The van der Waals surface area contributed by atoms with Crippen LogP contribution in [-0.4, -0.2) is 40.5 Å². The summed E-state index contributed by atoms with van der Waals surface area (Å²) in [6.07, 6.45) is 0.184. The maximum absolute atomic E-state index is 13.6. The number of aromatic nitrogens is 1. The monoisotopic (exact) mass is 479 g/mol. The van der Waals surface area contributed by atoms with Gasteiger partial charge in [-0.2, -0.15) is 0 Å². The van der Waals surface area contributed by atoms with E-state index in [2.05, 4.69) is 24.1 Å². The lowest BCUT2D eigenvalue weighted by molar-refractivity contribution is -0.124. The van der Waals surface area contributed by atoms with Gasteiger partial charge in [0.15, 0.2) is 6.10 Å². The van der Waals surface area contributed by atoms with Crippen LogP contribution in [0.25, 0.3) is 10.9 Å². The minimum absolute atomic E-state index is 0.346. The van der Waals surface area contributed by atoms with E-state index >= 15 is 0 Å². The Labute approximate surface area is 205 Å². The third kappa shape index (κ3) is 4.79. The van der Waals surface area contributed by atoms with E-state index in [1.807, 2.05) is 38.1 Å². The Morgan fingerprint density at radius 1 is 1.18 bits per heavy atom. The summed E-state index contributed by atoms with van der Waals surface area (Å²) in [4.78, 5) is 33.8. The van der Waals surface area contributed by atoms with Crippen molar-refractivity contribution in [3.05, 3.63) is 69.9 Å². The van der Waals surface area contributed by atoms with E-state index in [4.69, 9.17) is 21.3 Å². The van der Waals surface area contributed by atoms with E-state index < -0.39 is 12.1 Å². The van der Waals surface area contributed by atoms with Gasteiger partial charge in [0.1, 0.15) is 0 Å². The lowest BCUT2D eigenvalue weighted by Crippen LogP contribution is -2.38. The molecule has 0 bridgehead atoms. The molecule has 1 aromatic heterocycles. The number of hydrogen-bond acceptors (Lipinski definition) is 5. The van der Waals surface area contributed by atoms with Crippen molar-refractivity contribution in [2.24, 2.45) is 0 Å². The highest BCUT2D eigenvalue weighted by atomic mass is 35.5. The number of halogens is 1. The lowest BCUT2D eigenvalue weighted by Gasteiger charge is -2.32. The number of amides is 1. The maximum Gasteiger partial charge on any atom is 0.340 e. The Kier molecular flexibility index (Phi) is 7.19. The first-order valence-electron chi connectivity index (χ1n) is 11.7. The number of nitrogens with one attached hydrogen (secondary N) is 1. The van der Waals surface area contributed by atoms with Crippen molar-refractivity contribution in [1.82, 2.24) is 9.88 Å². The quantitative estimate of drug-likeness (QED) is 0.470. The van der Waals surface area contributed by atoms with E-state index in [1.165, 1.54) is 0 Å². The highest BCUT2D eigenvalue weighted by Crippen LogP contribution is 2.30. The number of carbonyl (C=O) groups excluding carboxylic acids is 2. The minimum Gasteiger partial charge on any atom is -0.449 e. The fraction of sp³-hybridized carbons (Fsp3) is 0.370. The van der Waals surface area contributed by atoms with Crippen LogP contribution in [0.3, 0.4) is 0 Å². The highest BCUT2D eigenvalue weighted by molar-refractivity contribution is 6.31. The summed E-state index contributed by atoms with van der Waals surface area (Å²) in [7, 11) is 0. The molecular formula is C27H30ClN3O3. The van der Waals surface area contributed by atoms with Gasteiger partial charge in [-0.05, 0) is 51.0 Å². The summed E-state index contributed by atoms with van der Waals surface area (Å²) in [6, 6.07) is 13.3. The predicted molar refractivity (Wildman–Crippen MR) is 135 cm³/mol. The highest BCUT2D eigenvalue weighted by Gasteiger charge is 2.30. The number of carbonyl (C=O) groups is 2. The largest absolute Gasteiger partial charge is 0.449 e. The topological polar surface area (TPSA) is 71.5 Å². The minimum atomic E-state index is -0.932. The van der Waals surface area contributed by atoms with Gasteiger partial charge in [0.05, 0.1) is 11.1 Å². The van der Waals surface area contributed by atoms with Crippen LogP contribution in [0.2, 0.25) is 5.02 Å². The number of nitrogens with zero attached hydrogens (tertiary/aromatic N) is 2. The number of rotatable bonds is 6. The average molecular weight is 480 g/mol. The van der Waals surface area contributed by atoms with E-state index in [1.54, 1.807) is 18.2 Å². The average Bonchev–Trinajstić information content (AvgIpc) is 2.83. The summed E-state index contributed by atoms with van der Waals surface area (Å²) in [5, 5.41) is 4.17. The molecule has 0 saturated heterocycles. The standard InChI is InChI=1S/C27H30ClN3O3/c1-5-24(26(32)30-21-12-8-10-20(28)17(21)4)34-27(33)25-18-9-6-7-11-22(18)29-23-13-14-31(16(2)3)15-19(23)25/h6-12,16,24H,5,13-15H2,1-4H3,(H,30,32). The molecule has 1 amide bonds. The molecular weight excluding hydrogens is 450 g/mol. The van der Waals surface area contributed by atoms with Crippen molar-refractivity contribution in [1.29, 1.82) is 0 Å². The van der Waals surface area contributed by atoms with Crippen LogP contribution in [0.1, 0.15) is 54.4 Å². The van der Waals surface area contributed by atoms with Crippen LogP contribution in [-0.2, 0) is 22.5 Å². The van der Waals surface area contributed by atoms with E-state index in [9.17, 15) is 9.59 Å². The molecule has 0 saturated carbocycles. The molecule has 2 aromatic carbocycles. The molecule has 0 fully saturated rings. The molecule has 1 aliphatic rings. The smallest absolute Gasteiger partial charge is 0.340 e. The molecule has 2 heterocycles. The number of fused-ring (bicyclic) bond motifs is 2. The molecule has 0 spiro atoms. The number of anilines is 1. The third-order valence-corrected chi connectivity index (χ3v) is 6.86. The van der Waals surface area contributed by atoms with Gasteiger partial charge in [-0.25, -0.2) is 4.79 Å². The maximum atomic E-state index is 13.6. The molecule has 0 aliphatic carbocycles. The van der Waals surface area contributed by atoms with Gasteiger partial charge in [-0.1, -0.05) is 42.8 Å². The van der Waals surface area contributed by atoms with E-state index in [0.717, 1.165) is 40.7 Å². The van der Waals surface area contributed by atoms with Crippen molar-refractivity contribution < 1.29 is 14.3 Å². The van der Waals surface area contributed by atoms with Crippen LogP contribution in [0.5, 0.6) is 0 Å². The van der Waals surface area contributed by atoms with E-state index in [0.29, 0.717) is 35.3 Å². The van der Waals surface area contributed by atoms with Crippen molar-refractivity contribution >= 4 is 40.1 Å². The molecule has 1 atom stereocenters. The summed E-state index contributed by atoms with van der Waals surface area (Å²) in [5.74, 6) is -0.873. The third-order valence-electron chi connectivity index (χ3n) is 6.45. The molecule has 178 valence electrons. The molecule has 1 aliphatic heterocycles. The fourth-order valence-corrected chi connectivity index (χ4v) is 4.53. The van der Waals surface area contributed by atoms with Crippen LogP contribution in [0.15, 0.2) is 42.5 Å². The van der Waals surface area contributed by atoms with Gasteiger partial charge in [0.2, 0.25) is 0 Å². The zero-order valence-corrected chi connectivity index (χ0v) is 20.8. The van der Waals surface area contributed by atoms with Gasteiger partial charge in [0.25, 0.3) is 5.91 Å². The SMILES string of the molecule is CCC(OC(=O)c1c2c(nc3ccccc13)CCN(C(C)C)C2)C(=O)Nc1cccc(Cl)c1C. The lowest BCUT2D eigenvalue weighted by atomic mass is 9.95. The number of ether oxygens (including phenoxy) is 1. The van der Waals surface area contributed by atoms with Crippen molar-refractivity contribution in [3.63, 3.8) is 0 Å². The van der Waals surface area contributed by atoms with Gasteiger partial charge in [-0.3, -0.25) is 14.7 Å². The Bertz CT molecular complexity index is 1240. The Balaban J connectivity index is 1.66. The number of benzene rings is 2. The van der Waals surface area contributed by atoms with Crippen LogP contribution >= 0.6 is 11.6 Å². The first-order valence-corrected chi connectivity index (χ1v) is 12.1. The Hall–Kier alpha value is -2.96. The fourth-order valence-electron chi connectivity index (χ4n) is 4.35. The summed E-state index contributed by atoms with van der Waals surface area (Å²) < 4.78 is 5.83. The summed E-state index contributed by atoms with van der Waals surface area (Å²) in [6.45, 7) is 9.46. The molecule has 4 rings (SSSR count). The number of para-hydroxylation sites is 1. The Morgan fingerprint density at radius 2 is 1.94 bits per heavy atom. The predicted octanol–water partition coefficient (Wildman–Crippen LogP) is 5.54. The van der Waals surface area contributed by atoms with Crippen molar-refractivity contribution in [2.45, 2.75) is 59.2 Å². The molecule has 1 N–H and O–H groups in total. The molecule has 3 aromatic rings. The second-order valence-electron chi connectivity index (χ2n) is 8.95. The van der Waals surface area contributed by atoms with Gasteiger partial charge >= 0.3 is 5.97 Å². The van der Waals surface area contributed by atoms with Crippen molar-refractivity contribution in [3.8, 4) is 0 Å². The number of esters is 1. The number of hydrogen-bond donors (Lipinski definition) is 1. The van der Waals surface area contributed by atoms with Gasteiger partial charge in [0, 0.05) is 52.9 Å². The van der Waals surface area contributed by atoms with Crippen LogP contribution < -0.4 is 5.32 Å². The van der Waals surface area contributed by atoms with Gasteiger partial charge < -0.3 is 10.1 Å². The number of pyridine rings is 1. The second kappa shape index (κ2) is 10.1.